The van der Waals surface area contributed by atoms with Crippen molar-refractivity contribution >= 4 is 20.1 Å². The lowest BCUT2D eigenvalue weighted by Crippen LogP contribution is -2.45. The topological polar surface area (TPSA) is 90.7 Å². The van der Waals surface area contributed by atoms with Crippen LogP contribution in [0.2, 0.25) is 18.1 Å². The highest BCUT2D eigenvalue weighted by molar-refractivity contribution is 6.74. The highest BCUT2D eigenvalue weighted by Crippen LogP contribution is 2.36. The van der Waals surface area contributed by atoms with Gasteiger partial charge in [-0.15, -0.1) is 0 Å². The minimum Gasteiger partial charge on any atom is -0.415 e. The summed E-state index contributed by atoms with van der Waals surface area (Å²) in [5.74, 6) is 0.246. The smallest absolute Gasteiger partial charge is 0.412 e. The zero-order chi connectivity index (χ0) is 18.5. The van der Waals surface area contributed by atoms with Gasteiger partial charge < -0.3 is 14.5 Å². The fourth-order valence-electron chi connectivity index (χ4n) is 1.57. The van der Waals surface area contributed by atoms with E-state index in [-0.39, 0.29) is 22.5 Å². The van der Waals surface area contributed by atoms with Crippen LogP contribution in [0.4, 0.5) is 10.5 Å². The molecule has 1 atom stereocenters. The van der Waals surface area contributed by atoms with Crippen LogP contribution in [0.1, 0.15) is 27.7 Å². The molecule has 134 valence electrons. The van der Waals surface area contributed by atoms with Crippen molar-refractivity contribution in [1.29, 1.82) is 0 Å². The Labute approximate surface area is 143 Å². The standard InChI is InChI=1S/C16H26N2O5Si/c1-12(11-22-24(5,6)16(2,3)4)17-15(19)23-14-9-7-13(8-10-14)18(20)21/h7-10,12H,11H2,1-6H3,(H,17,19)/t12-/m1/s1. The summed E-state index contributed by atoms with van der Waals surface area (Å²) in [6.45, 7) is 13.0. The van der Waals surface area contributed by atoms with Gasteiger partial charge in [-0.3, -0.25) is 10.1 Å². The predicted octanol–water partition coefficient (Wildman–Crippen LogP) is 4.09. The number of ether oxygens (including phenoxy) is 1. The van der Waals surface area contributed by atoms with E-state index in [2.05, 4.69) is 39.2 Å². The number of nitrogens with zero attached hydrogens (tertiary/aromatic N) is 1. The summed E-state index contributed by atoms with van der Waals surface area (Å²) in [7, 11) is -1.87. The van der Waals surface area contributed by atoms with E-state index in [0.29, 0.717) is 6.61 Å². The van der Waals surface area contributed by atoms with Crippen LogP contribution in [0, 0.1) is 10.1 Å². The zero-order valence-electron chi connectivity index (χ0n) is 15.1. The molecule has 1 N–H and O–H groups in total. The number of nitrogens with one attached hydrogen (secondary N) is 1. The van der Waals surface area contributed by atoms with Gasteiger partial charge in [-0.1, -0.05) is 20.8 Å². The number of non-ortho nitro benzene ring substituents is 1. The van der Waals surface area contributed by atoms with E-state index in [9.17, 15) is 14.9 Å². The van der Waals surface area contributed by atoms with Crippen molar-refractivity contribution in [3.05, 3.63) is 34.4 Å². The van der Waals surface area contributed by atoms with E-state index in [1.54, 1.807) is 0 Å². The molecular weight excluding hydrogens is 328 g/mol. The maximum Gasteiger partial charge on any atom is 0.412 e. The molecule has 0 heterocycles. The van der Waals surface area contributed by atoms with Gasteiger partial charge >= 0.3 is 6.09 Å². The van der Waals surface area contributed by atoms with E-state index < -0.39 is 19.3 Å². The summed E-state index contributed by atoms with van der Waals surface area (Å²) in [4.78, 5) is 21.9. The van der Waals surface area contributed by atoms with Crippen LogP contribution in [0.15, 0.2) is 24.3 Å². The highest BCUT2D eigenvalue weighted by atomic mass is 28.4. The molecule has 0 saturated heterocycles. The number of hydrogen-bond acceptors (Lipinski definition) is 5. The Hall–Kier alpha value is -1.93. The minimum absolute atomic E-state index is 0.0566. The third kappa shape index (κ3) is 5.93. The second-order valence-electron chi connectivity index (χ2n) is 7.26. The largest absolute Gasteiger partial charge is 0.415 e. The van der Waals surface area contributed by atoms with Gasteiger partial charge in [0.25, 0.3) is 5.69 Å². The van der Waals surface area contributed by atoms with Crippen LogP contribution < -0.4 is 10.1 Å². The van der Waals surface area contributed by atoms with Gasteiger partial charge in [-0.2, -0.15) is 0 Å². The second kappa shape index (κ2) is 7.76. The third-order valence-electron chi connectivity index (χ3n) is 4.12. The van der Waals surface area contributed by atoms with Crippen LogP contribution in [0.25, 0.3) is 0 Å². The molecule has 1 aromatic carbocycles. The molecule has 1 amide bonds. The Kier molecular flexibility index (Phi) is 6.50. The van der Waals surface area contributed by atoms with Crippen molar-refractivity contribution < 1.29 is 18.9 Å². The van der Waals surface area contributed by atoms with Gasteiger partial charge in [-0.05, 0) is 37.2 Å². The average molecular weight is 354 g/mol. The minimum atomic E-state index is -1.87. The summed E-state index contributed by atoms with van der Waals surface area (Å²) in [6.07, 6.45) is -0.616. The molecule has 0 fully saturated rings. The van der Waals surface area contributed by atoms with Gasteiger partial charge in [0.1, 0.15) is 5.75 Å². The van der Waals surface area contributed by atoms with E-state index in [4.69, 9.17) is 9.16 Å². The Balaban J connectivity index is 2.48. The monoisotopic (exact) mass is 354 g/mol. The summed E-state index contributed by atoms with van der Waals surface area (Å²) in [5.41, 5.74) is -0.0566. The van der Waals surface area contributed by atoms with E-state index in [1.165, 1.54) is 24.3 Å². The molecule has 1 rings (SSSR count). The van der Waals surface area contributed by atoms with Gasteiger partial charge in [-0.25, -0.2) is 4.79 Å². The number of nitro benzene ring substituents is 1. The molecule has 0 aliphatic carbocycles. The number of carbonyl (C=O) groups is 1. The first-order chi connectivity index (χ1) is 10.9. The number of amides is 1. The van der Waals surface area contributed by atoms with Gasteiger partial charge in [0, 0.05) is 12.1 Å². The first kappa shape index (κ1) is 20.1. The average Bonchev–Trinajstić information content (AvgIpc) is 2.44. The molecule has 0 radical (unpaired) electrons. The second-order valence-corrected chi connectivity index (χ2v) is 12.1. The maximum atomic E-state index is 11.9. The van der Waals surface area contributed by atoms with Crippen LogP contribution in [-0.4, -0.2) is 32.0 Å². The molecule has 8 heteroatoms. The molecule has 0 bridgehead atoms. The van der Waals surface area contributed by atoms with Crippen molar-refractivity contribution in [1.82, 2.24) is 5.32 Å². The predicted molar refractivity (Wildman–Crippen MR) is 94.9 cm³/mol. The molecule has 0 aromatic heterocycles. The van der Waals surface area contributed by atoms with Gasteiger partial charge in [0.05, 0.1) is 17.6 Å². The van der Waals surface area contributed by atoms with Crippen LogP contribution in [-0.2, 0) is 4.43 Å². The van der Waals surface area contributed by atoms with Crippen LogP contribution >= 0.6 is 0 Å². The Morgan fingerprint density at radius 1 is 1.29 bits per heavy atom. The molecule has 1 aromatic rings. The van der Waals surface area contributed by atoms with Crippen LogP contribution in [0.3, 0.4) is 0 Å². The summed E-state index contributed by atoms with van der Waals surface area (Å²) < 4.78 is 11.1. The zero-order valence-corrected chi connectivity index (χ0v) is 16.1. The van der Waals surface area contributed by atoms with Crippen LogP contribution in [0.5, 0.6) is 5.75 Å². The van der Waals surface area contributed by atoms with Crippen molar-refractivity contribution in [2.45, 2.75) is 51.9 Å². The van der Waals surface area contributed by atoms with Crippen molar-refractivity contribution in [3.63, 3.8) is 0 Å². The number of carbonyl (C=O) groups excluding carboxylic acids is 1. The molecule has 0 unspecified atom stereocenters. The first-order valence-electron chi connectivity index (χ1n) is 7.79. The SMILES string of the molecule is C[C@H](CO[Si](C)(C)C(C)(C)C)NC(=O)Oc1ccc([N+](=O)[O-])cc1. The molecular formula is C16H26N2O5Si. The highest BCUT2D eigenvalue weighted by Gasteiger charge is 2.37. The molecule has 0 aliphatic rings. The quantitative estimate of drug-likeness (QED) is 0.472. The molecule has 0 spiro atoms. The number of rotatable bonds is 6. The Bertz CT molecular complexity index is 581. The third-order valence-corrected chi connectivity index (χ3v) is 8.62. The summed E-state index contributed by atoms with van der Waals surface area (Å²) >= 11 is 0. The van der Waals surface area contributed by atoms with Crippen molar-refractivity contribution in [2.24, 2.45) is 0 Å². The molecule has 0 aliphatic heterocycles. The van der Waals surface area contributed by atoms with E-state index >= 15 is 0 Å². The fraction of sp³-hybridized carbons (Fsp3) is 0.562. The lowest BCUT2D eigenvalue weighted by Gasteiger charge is -2.37. The maximum absolute atomic E-state index is 11.9. The normalized spacial score (nSPS) is 13.2. The van der Waals surface area contributed by atoms with Crippen molar-refractivity contribution in [2.75, 3.05) is 6.61 Å². The van der Waals surface area contributed by atoms with E-state index in [0.717, 1.165) is 0 Å². The summed E-state index contributed by atoms with van der Waals surface area (Å²) in [6, 6.07) is 5.13. The Morgan fingerprint density at radius 2 is 1.83 bits per heavy atom. The lowest BCUT2D eigenvalue weighted by atomic mass is 10.2. The number of benzene rings is 1. The number of nitro groups is 1. The lowest BCUT2D eigenvalue weighted by molar-refractivity contribution is -0.384. The Morgan fingerprint density at radius 3 is 2.29 bits per heavy atom. The number of hydrogen-bond donors (Lipinski definition) is 1. The molecule has 7 nitrogen and oxygen atoms in total. The molecule has 0 saturated carbocycles. The van der Waals surface area contributed by atoms with Gasteiger partial charge in [0.15, 0.2) is 8.32 Å². The van der Waals surface area contributed by atoms with Gasteiger partial charge in [0.2, 0.25) is 0 Å². The summed E-state index contributed by atoms with van der Waals surface area (Å²) in [5, 5.41) is 13.4. The van der Waals surface area contributed by atoms with E-state index in [1.807, 2.05) is 6.92 Å². The fourth-order valence-corrected chi connectivity index (χ4v) is 2.66. The first-order valence-corrected chi connectivity index (χ1v) is 10.7. The van der Waals surface area contributed by atoms with Crippen molar-refractivity contribution in [3.8, 4) is 5.75 Å². The molecule has 24 heavy (non-hydrogen) atoms.